The number of hydrogen-bond donors (Lipinski definition) is 2. The van der Waals surface area contributed by atoms with Gasteiger partial charge in [0.2, 0.25) is 11.2 Å². The molecule has 4 aromatic rings. The number of aliphatic hydroxyl groups is 1. The summed E-state index contributed by atoms with van der Waals surface area (Å²) in [6, 6.07) is 17.8. The minimum absolute atomic E-state index is 0.00921. The lowest BCUT2D eigenvalue weighted by atomic mass is 10.2. The van der Waals surface area contributed by atoms with Gasteiger partial charge in [0.15, 0.2) is 5.76 Å². The third-order valence-corrected chi connectivity index (χ3v) is 4.58. The van der Waals surface area contributed by atoms with E-state index < -0.39 is 11.2 Å². The highest BCUT2D eigenvalue weighted by molar-refractivity contribution is 5.45. The molecule has 0 spiro atoms. The van der Waals surface area contributed by atoms with Gasteiger partial charge in [-0.15, -0.1) is 5.10 Å². The summed E-state index contributed by atoms with van der Waals surface area (Å²) in [7, 11) is 0. The quantitative estimate of drug-likeness (QED) is 0.432. The number of nitrogens with zero attached hydrogens (tertiary/aromatic N) is 3. The SMILES string of the molecule is O=c1cc(Cn2cc(CO)nn2)oc(COc2ccc(C#CC#Cc3ccccc3)cc2)c1O. The smallest absolute Gasteiger partial charge is 0.227 e. The summed E-state index contributed by atoms with van der Waals surface area (Å²) in [5, 5.41) is 26.8. The largest absolute Gasteiger partial charge is 0.502 e. The van der Waals surface area contributed by atoms with Gasteiger partial charge >= 0.3 is 0 Å². The van der Waals surface area contributed by atoms with Crippen LogP contribution < -0.4 is 10.2 Å². The molecule has 0 unspecified atom stereocenters. The monoisotopic (exact) mass is 453 g/mol. The van der Waals surface area contributed by atoms with E-state index in [0.717, 1.165) is 11.1 Å². The zero-order chi connectivity index (χ0) is 23.8. The third-order valence-electron chi connectivity index (χ3n) is 4.58. The predicted octanol–water partition coefficient (Wildman–Crippen LogP) is 2.46. The number of rotatable bonds is 6. The second-order valence-electron chi connectivity index (χ2n) is 7.09. The minimum atomic E-state index is -0.593. The molecule has 8 heteroatoms. The molecule has 0 aliphatic carbocycles. The number of benzene rings is 2. The Hall–Kier alpha value is -4.79. The number of aliphatic hydroxyl groups excluding tert-OH is 1. The van der Waals surface area contributed by atoms with Crippen LogP contribution in [0.25, 0.3) is 0 Å². The van der Waals surface area contributed by atoms with E-state index in [1.165, 1.54) is 16.9 Å². The highest BCUT2D eigenvalue weighted by Crippen LogP contribution is 2.19. The molecular formula is C26H19N3O5. The number of ether oxygens (including phenoxy) is 1. The van der Waals surface area contributed by atoms with Crippen LogP contribution in [0.4, 0.5) is 0 Å². The van der Waals surface area contributed by atoms with E-state index in [9.17, 15) is 9.90 Å². The molecule has 0 aliphatic rings. The van der Waals surface area contributed by atoms with Crippen molar-refractivity contribution in [2.45, 2.75) is 19.8 Å². The summed E-state index contributed by atoms with van der Waals surface area (Å²) in [6.07, 6.45) is 1.53. The van der Waals surface area contributed by atoms with Crippen LogP contribution in [0.5, 0.6) is 11.5 Å². The minimum Gasteiger partial charge on any atom is -0.502 e. The first kappa shape index (κ1) is 22.4. The second kappa shape index (κ2) is 10.7. The van der Waals surface area contributed by atoms with E-state index >= 15 is 0 Å². The van der Waals surface area contributed by atoms with Gasteiger partial charge in [0.25, 0.3) is 0 Å². The van der Waals surface area contributed by atoms with Crippen LogP contribution in [-0.2, 0) is 19.8 Å². The van der Waals surface area contributed by atoms with Gasteiger partial charge in [-0.2, -0.15) is 0 Å². The summed E-state index contributed by atoms with van der Waals surface area (Å²) in [6.45, 7) is -0.290. The van der Waals surface area contributed by atoms with Crippen LogP contribution in [0.2, 0.25) is 0 Å². The van der Waals surface area contributed by atoms with Crippen LogP contribution in [0.3, 0.4) is 0 Å². The highest BCUT2D eigenvalue weighted by Gasteiger charge is 2.13. The first-order valence-corrected chi connectivity index (χ1v) is 10.3. The van der Waals surface area contributed by atoms with Crippen molar-refractivity contribution in [3.63, 3.8) is 0 Å². The molecule has 8 nitrogen and oxygen atoms in total. The number of aromatic hydroxyl groups is 1. The van der Waals surface area contributed by atoms with Gasteiger partial charge in [-0.3, -0.25) is 4.79 Å². The Balaban J connectivity index is 1.39. The van der Waals surface area contributed by atoms with Crippen LogP contribution in [-0.4, -0.2) is 25.2 Å². The molecule has 0 radical (unpaired) electrons. The summed E-state index contributed by atoms with van der Waals surface area (Å²) >= 11 is 0. The molecule has 2 N–H and O–H groups in total. The molecule has 0 atom stereocenters. The van der Waals surface area contributed by atoms with E-state index in [1.54, 1.807) is 24.3 Å². The van der Waals surface area contributed by atoms with Crippen LogP contribution >= 0.6 is 0 Å². The lowest BCUT2D eigenvalue weighted by molar-refractivity contribution is 0.246. The van der Waals surface area contributed by atoms with Gasteiger partial charge in [0, 0.05) is 17.2 Å². The van der Waals surface area contributed by atoms with Crippen molar-refractivity contribution in [3.8, 4) is 35.2 Å². The maximum Gasteiger partial charge on any atom is 0.227 e. The second-order valence-corrected chi connectivity index (χ2v) is 7.09. The van der Waals surface area contributed by atoms with Crippen LogP contribution in [0.15, 0.2) is 76.1 Å². The Kier molecular flexibility index (Phi) is 7.04. The molecule has 0 aliphatic heterocycles. The van der Waals surface area contributed by atoms with E-state index in [0.29, 0.717) is 11.4 Å². The van der Waals surface area contributed by atoms with Crippen molar-refractivity contribution in [3.05, 3.63) is 105 Å². The average molecular weight is 453 g/mol. The van der Waals surface area contributed by atoms with E-state index in [1.807, 2.05) is 30.3 Å². The van der Waals surface area contributed by atoms with Gasteiger partial charge in [0.1, 0.15) is 30.4 Å². The van der Waals surface area contributed by atoms with Crippen molar-refractivity contribution >= 4 is 0 Å². The molecule has 0 bridgehead atoms. The standard InChI is InChI=1S/C26H19N3O5/c30-17-21-15-29(28-27-21)16-23-14-24(31)26(32)25(34-23)18-33-22-12-10-20(11-13-22)9-5-4-8-19-6-2-1-3-7-19/h1-3,6-7,10-15,30,32H,16-18H2. The van der Waals surface area contributed by atoms with Crippen molar-refractivity contribution in [2.75, 3.05) is 0 Å². The van der Waals surface area contributed by atoms with Gasteiger partial charge in [-0.1, -0.05) is 35.3 Å². The Labute approximate surface area is 195 Å². The third kappa shape index (κ3) is 5.92. The topological polar surface area (TPSA) is 111 Å². The molecule has 2 aromatic heterocycles. The molecule has 2 heterocycles. The molecule has 0 saturated carbocycles. The fourth-order valence-electron chi connectivity index (χ4n) is 2.92. The van der Waals surface area contributed by atoms with E-state index in [2.05, 4.69) is 34.0 Å². The molecule has 2 aromatic carbocycles. The molecular weight excluding hydrogens is 434 g/mol. The van der Waals surface area contributed by atoms with E-state index in [4.69, 9.17) is 14.3 Å². The fourth-order valence-corrected chi connectivity index (χ4v) is 2.92. The first-order valence-electron chi connectivity index (χ1n) is 10.3. The number of hydrogen-bond acceptors (Lipinski definition) is 7. The first-order chi connectivity index (χ1) is 16.6. The highest BCUT2D eigenvalue weighted by atomic mass is 16.5. The molecule has 0 saturated heterocycles. The summed E-state index contributed by atoms with van der Waals surface area (Å²) in [5.41, 5.74) is 1.46. The Bertz CT molecular complexity index is 1450. The molecule has 168 valence electrons. The average Bonchev–Trinajstić information content (AvgIpc) is 3.32. The van der Waals surface area contributed by atoms with Gasteiger partial charge in [0.05, 0.1) is 12.8 Å². The molecule has 0 fully saturated rings. The van der Waals surface area contributed by atoms with Crippen LogP contribution in [0.1, 0.15) is 28.3 Å². The normalized spacial score (nSPS) is 10.0. The lowest BCUT2D eigenvalue weighted by Crippen LogP contribution is -2.10. The summed E-state index contributed by atoms with van der Waals surface area (Å²) in [4.78, 5) is 12.1. The van der Waals surface area contributed by atoms with Gasteiger partial charge in [-0.05, 0) is 48.2 Å². The van der Waals surface area contributed by atoms with E-state index in [-0.39, 0.29) is 31.3 Å². The van der Waals surface area contributed by atoms with Crippen molar-refractivity contribution < 1.29 is 19.4 Å². The Morgan fingerprint density at radius 2 is 1.71 bits per heavy atom. The van der Waals surface area contributed by atoms with Crippen molar-refractivity contribution in [1.29, 1.82) is 0 Å². The lowest BCUT2D eigenvalue weighted by Gasteiger charge is -2.09. The van der Waals surface area contributed by atoms with Crippen molar-refractivity contribution in [2.24, 2.45) is 0 Å². The Morgan fingerprint density at radius 3 is 2.38 bits per heavy atom. The maximum absolute atomic E-state index is 12.1. The summed E-state index contributed by atoms with van der Waals surface area (Å²) < 4.78 is 12.7. The zero-order valence-electron chi connectivity index (χ0n) is 17.9. The fraction of sp³-hybridized carbons (Fsp3) is 0.115. The molecule has 4 rings (SSSR count). The maximum atomic E-state index is 12.1. The molecule has 34 heavy (non-hydrogen) atoms. The zero-order valence-corrected chi connectivity index (χ0v) is 17.9. The van der Waals surface area contributed by atoms with Gasteiger partial charge in [-0.25, -0.2) is 4.68 Å². The Morgan fingerprint density at radius 1 is 1.00 bits per heavy atom. The molecule has 0 amide bonds. The predicted molar refractivity (Wildman–Crippen MR) is 123 cm³/mol. The number of aromatic nitrogens is 3. The van der Waals surface area contributed by atoms with Crippen LogP contribution in [0, 0.1) is 23.7 Å². The van der Waals surface area contributed by atoms with Gasteiger partial charge < -0.3 is 19.4 Å². The summed E-state index contributed by atoms with van der Waals surface area (Å²) in [5.74, 6) is 11.8. The van der Waals surface area contributed by atoms with Crippen molar-refractivity contribution in [1.82, 2.24) is 15.0 Å².